The van der Waals surface area contributed by atoms with Gasteiger partial charge in [-0.1, -0.05) is 6.92 Å². The van der Waals surface area contributed by atoms with E-state index in [0.717, 1.165) is 19.3 Å². The summed E-state index contributed by atoms with van der Waals surface area (Å²) in [4.78, 5) is 0. The van der Waals surface area contributed by atoms with Gasteiger partial charge in [0.05, 0.1) is 4.47 Å². The second-order valence-electron chi connectivity index (χ2n) is 5.37. The van der Waals surface area contributed by atoms with Crippen LogP contribution in [0.25, 0.3) is 0 Å². The fraction of sp³-hybridized carbons (Fsp3) is 0.571. The van der Waals surface area contributed by atoms with Crippen LogP contribution in [-0.2, 0) is 6.42 Å². The van der Waals surface area contributed by atoms with Crippen molar-refractivity contribution in [2.45, 2.75) is 38.6 Å². The highest BCUT2D eigenvalue weighted by atomic mass is 79.9. The summed E-state index contributed by atoms with van der Waals surface area (Å²) in [5, 5.41) is 0. The van der Waals surface area contributed by atoms with Crippen molar-refractivity contribution in [3.8, 4) is 0 Å². The van der Waals surface area contributed by atoms with Crippen LogP contribution in [0.2, 0.25) is 0 Å². The molecule has 3 unspecified atom stereocenters. The molecule has 0 aliphatic heterocycles. The molecule has 0 heterocycles. The Morgan fingerprint density at radius 1 is 1.33 bits per heavy atom. The Labute approximate surface area is 115 Å². The summed E-state index contributed by atoms with van der Waals surface area (Å²) >= 11 is 3.10. The maximum Gasteiger partial charge on any atom is 0.143 e. The van der Waals surface area contributed by atoms with Crippen molar-refractivity contribution in [3.63, 3.8) is 0 Å². The Morgan fingerprint density at radius 2 is 2.06 bits per heavy atom. The first-order valence-corrected chi connectivity index (χ1v) is 7.16. The standard InChI is InChI=1S/C14H18BrF2N/c1-8-2-5-13(18)9(6-8)7-10-12(16)4-3-11(15)14(10)17/h3-4,8-9,13H,2,5-7,18H2,1H3. The van der Waals surface area contributed by atoms with Gasteiger partial charge in [0, 0.05) is 11.6 Å². The third-order valence-corrected chi connectivity index (χ3v) is 4.52. The monoisotopic (exact) mass is 317 g/mol. The van der Waals surface area contributed by atoms with E-state index in [1.165, 1.54) is 12.1 Å². The number of nitrogens with two attached hydrogens (primary N) is 1. The van der Waals surface area contributed by atoms with Gasteiger partial charge in [-0.25, -0.2) is 8.78 Å². The van der Waals surface area contributed by atoms with Gasteiger partial charge in [-0.15, -0.1) is 0 Å². The number of halogens is 3. The molecule has 1 aliphatic rings. The Bertz CT molecular complexity index is 436. The maximum absolute atomic E-state index is 13.9. The van der Waals surface area contributed by atoms with E-state index in [2.05, 4.69) is 22.9 Å². The van der Waals surface area contributed by atoms with Crippen molar-refractivity contribution >= 4 is 15.9 Å². The predicted octanol–water partition coefficient (Wildman–Crippen LogP) is 4.03. The summed E-state index contributed by atoms with van der Waals surface area (Å²) in [5.74, 6) is -0.193. The lowest BCUT2D eigenvalue weighted by Gasteiger charge is -2.32. The largest absolute Gasteiger partial charge is 0.327 e. The molecule has 1 nitrogen and oxygen atoms in total. The second kappa shape index (κ2) is 5.66. The van der Waals surface area contributed by atoms with Gasteiger partial charge in [-0.3, -0.25) is 0 Å². The van der Waals surface area contributed by atoms with Crippen molar-refractivity contribution in [1.82, 2.24) is 0 Å². The van der Waals surface area contributed by atoms with E-state index < -0.39 is 11.6 Å². The Hall–Kier alpha value is -0.480. The number of hydrogen-bond donors (Lipinski definition) is 1. The minimum Gasteiger partial charge on any atom is -0.327 e. The van der Waals surface area contributed by atoms with E-state index >= 15 is 0 Å². The average molecular weight is 318 g/mol. The molecular formula is C14H18BrF2N. The van der Waals surface area contributed by atoms with E-state index in [9.17, 15) is 8.78 Å². The molecule has 3 atom stereocenters. The van der Waals surface area contributed by atoms with Gasteiger partial charge in [0.1, 0.15) is 11.6 Å². The summed E-state index contributed by atoms with van der Waals surface area (Å²) in [6.07, 6.45) is 3.40. The lowest BCUT2D eigenvalue weighted by molar-refractivity contribution is 0.241. The molecule has 1 saturated carbocycles. The minimum atomic E-state index is -0.486. The molecule has 0 spiro atoms. The highest BCUT2D eigenvalue weighted by molar-refractivity contribution is 9.10. The van der Waals surface area contributed by atoms with Crippen molar-refractivity contribution < 1.29 is 8.78 Å². The van der Waals surface area contributed by atoms with Crippen LogP contribution in [0.5, 0.6) is 0 Å². The zero-order chi connectivity index (χ0) is 13.3. The van der Waals surface area contributed by atoms with E-state index in [0.29, 0.717) is 16.8 Å². The fourth-order valence-electron chi connectivity index (χ4n) is 2.78. The predicted molar refractivity (Wildman–Crippen MR) is 72.2 cm³/mol. The summed E-state index contributed by atoms with van der Waals surface area (Å²) in [6, 6.07) is 2.76. The van der Waals surface area contributed by atoms with Gasteiger partial charge < -0.3 is 5.73 Å². The molecule has 1 aliphatic carbocycles. The first-order valence-electron chi connectivity index (χ1n) is 6.37. The minimum absolute atomic E-state index is 0.0546. The molecule has 2 N–H and O–H groups in total. The van der Waals surface area contributed by atoms with Crippen molar-refractivity contribution in [2.75, 3.05) is 0 Å². The van der Waals surface area contributed by atoms with E-state index in [1.54, 1.807) is 0 Å². The molecule has 2 rings (SSSR count). The lowest BCUT2D eigenvalue weighted by atomic mass is 9.76. The van der Waals surface area contributed by atoms with Crippen molar-refractivity contribution in [2.24, 2.45) is 17.6 Å². The molecule has 0 saturated heterocycles. The van der Waals surface area contributed by atoms with Crippen LogP contribution >= 0.6 is 15.9 Å². The quantitative estimate of drug-likeness (QED) is 0.819. The fourth-order valence-corrected chi connectivity index (χ4v) is 3.15. The highest BCUT2D eigenvalue weighted by Crippen LogP contribution is 2.32. The van der Waals surface area contributed by atoms with E-state index in [1.807, 2.05) is 0 Å². The van der Waals surface area contributed by atoms with Gasteiger partial charge in [0.25, 0.3) is 0 Å². The SMILES string of the molecule is CC1CCC(N)C(Cc2c(F)ccc(Br)c2F)C1. The molecule has 0 aromatic heterocycles. The third kappa shape index (κ3) is 2.91. The molecule has 0 bridgehead atoms. The van der Waals surface area contributed by atoms with Crippen LogP contribution in [0, 0.1) is 23.5 Å². The van der Waals surface area contributed by atoms with Crippen LogP contribution in [0.3, 0.4) is 0 Å². The average Bonchev–Trinajstić information content (AvgIpc) is 2.34. The van der Waals surface area contributed by atoms with Crippen LogP contribution in [0.1, 0.15) is 31.7 Å². The van der Waals surface area contributed by atoms with Crippen molar-refractivity contribution in [3.05, 3.63) is 33.8 Å². The Morgan fingerprint density at radius 3 is 2.78 bits per heavy atom. The highest BCUT2D eigenvalue weighted by Gasteiger charge is 2.28. The number of hydrogen-bond acceptors (Lipinski definition) is 1. The molecule has 1 aromatic carbocycles. The summed E-state index contributed by atoms with van der Waals surface area (Å²) in [7, 11) is 0. The van der Waals surface area contributed by atoms with Crippen molar-refractivity contribution in [1.29, 1.82) is 0 Å². The van der Waals surface area contributed by atoms with Crippen LogP contribution in [0.4, 0.5) is 8.78 Å². The zero-order valence-corrected chi connectivity index (χ0v) is 12.0. The summed E-state index contributed by atoms with van der Waals surface area (Å²) < 4.78 is 27.9. The summed E-state index contributed by atoms with van der Waals surface area (Å²) in [6.45, 7) is 2.17. The first kappa shape index (κ1) is 13.9. The van der Waals surface area contributed by atoms with Gasteiger partial charge >= 0.3 is 0 Å². The second-order valence-corrected chi connectivity index (χ2v) is 6.22. The zero-order valence-electron chi connectivity index (χ0n) is 10.4. The molecular weight excluding hydrogens is 300 g/mol. The maximum atomic E-state index is 13.9. The topological polar surface area (TPSA) is 26.0 Å². The number of rotatable bonds is 2. The molecule has 0 radical (unpaired) electrons. The van der Waals surface area contributed by atoms with Crippen LogP contribution in [-0.4, -0.2) is 6.04 Å². The van der Waals surface area contributed by atoms with Crippen LogP contribution < -0.4 is 5.73 Å². The van der Waals surface area contributed by atoms with Crippen LogP contribution in [0.15, 0.2) is 16.6 Å². The first-order chi connectivity index (χ1) is 8.49. The van der Waals surface area contributed by atoms with Gasteiger partial charge in [0.15, 0.2) is 0 Å². The van der Waals surface area contributed by atoms with E-state index in [4.69, 9.17) is 5.73 Å². The van der Waals surface area contributed by atoms with Gasteiger partial charge in [-0.05, 0) is 65.6 Å². The Balaban J connectivity index is 2.20. The van der Waals surface area contributed by atoms with Gasteiger partial charge in [0.2, 0.25) is 0 Å². The molecule has 0 amide bonds. The lowest BCUT2D eigenvalue weighted by Crippen LogP contribution is -2.37. The molecule has 18 heavy (non-hydrogen) atoms. The third-order valence-electron chi connectivity index (χ3n) is 3.91. The normalized spacial score (nSPS) is 28.4. The van der Waals surface area contributed by atoms with Gasteiger partial charge in [-0.2, -0.15) is 0 Å². The Kier molecular flexibility index (Phi) is 4.38. The number of benzene rings is 1. The smallest absolute Gasteiger partial charge is 0.143 e. The molecule has 1 fully saturated rings. The molecule has 4 heteroatoms. The summed E-state index contributed by atoms with van der Waals surface area (Å²) in [5.41, 5.74) is 6.24. The molecule has 1 aromatic rings. The van der Waals surface area contributed by atoms with E-state index in [-0.39, 0.29) is 17.5 Å². The molecule has 100 valence electrons.